The number of ether oxygens (including phenoxy) is 1. The van der Waals surface area contributed by atoms with Crippen LogP contribution in [0.5, 0.6) is 11.5 Å². The summed E-state index contributed by atoms with van der Waals surface area (Å²) in [4.78, 5) is 40.3. The molecule has 31 heavy (non-hydrogen) atoms. The maximum atomic E-state index is 13.3. The van der Waals surface area contributed by atoms with E-state index in [1.807, 2.05) is 0 Å². The third-order valence-corrected chi connectivity index (χ3v) is 6.11. The molecule has 12 nitrogen and oxygen atoms in total. The highest BCUT2D eigenvalue weighted by atomic mass is 16.5. The zero-order valence-corrected chi connectivity index (χ0v) is 16.8. The predicted octanol–water partition coefficient (Wildman–Crippen LogP) is -1.00. The fraction of sp³-hybridized carbons (Fsp3) is 0.444. The van der Waals surface area contributed by atoms with Gasteiger partial charge in [0.15, 0.2) is 5.96 Å². The lowest BCUT2D eigenvalue weighted by Crippen LogP contribution is -2.59. The average Bonchev–Trinajstić information content (AvgIpc) is 2.96. The minimum absolute atomic E-state index is 0.0234. The number of carboxylic acids is 1. The van der Waals surface area contributed by atoms with Crippen molar-refractivity contribution >= 4 is 31.0 Å². The molecule has 13 heteroatoms. The molecule has 2 fully saturated rings. The van der Waals surface area contributed by atoms with Crippen LogP contribution in [0.1, 0.15) is 28.8 Å². The summed E-state index contributed by atoms with van der Waals surface area (Å²) in [7, 11) is -0.291. The summed E-state index contributed by atoms with van der Waals surface area (Å²) >= 11 is 0. The third kappa shape index (κ3) is 3.21. The first-order valence-corrected chi connectivity index (χ1v) is 9.71. The number of benzene rings is 1. The lowest BCUT2D eigenvalue weighted by molar-refractivity contribution is -0.133. The zero-order valence-electron chi connectivity index (χ0n) is 16.8. The molecule has 1 aromatic carbocycles. The molecule has 6 N–H and O–H groups in total. The number of nitrogens with one attached hydrogen (secondary N) is 2. The molecular formula is C18H22BN5O7. The Labute approximate surface area is 177 Å². The van der Waals surface area contributed by atoms with Gasteiger partial charge in [-0.05, 0) is 30.9 Å². The van der Waals surface area contributed by atoms with Gasteiger partial charge < -0.3 is 35.5 Å². The maximum Gasteiger partial charge on any atom is 0.547 e. The van der Waals surface area contributed by atoms with Crippen molar-refractivity contribution in [2.45, 2.75) is 30.7 Å². The summed E-state index contributed by atoms with van der Waals surface area (Å²) in [5, 5.41) is 30.4. The Morgan fingerprint density at radius 3 is 2.65 bits per heavy atom. The number of guanidine groups is 1. The monoisotopic (exact) mass is 431 g/mol. The standard InChI is InChI=1S/C18H22BN5O7/c1-30-10-3-2-9-8-11(19(29)31-13(9)12(10)14(25)26)24-15(27)18(22-17(24)28)4-6-23(7-5-18)16(20)21/h2-3,11,29H,4-8H2,1H3,(H3,20,21)(H,22,28)(H,25,26)/t11-/m0/s1. The Balaban J connectivity index is 1.61. The molecule has 1 atom stereocenters. The third-order valence-electron chi connectivity index (χ3n) is 6.11. The highest BCUT2D eigenvalue weighted by Crippen LogP contribution is 2.39. The van der Waals surface area contributed by atoms with Crippen molar-refractivity contribution < 1.29 is 33.9 Å². The molecule has 0 radical (unpaired) electrons. The zero-order chi connectivity index (χ0) is 22.5. The van der Waals surface area contributed by atoms with E-state index in [-0.39, 0.29) is 42.3 Å². The van der Waals surface area contributed by atoms with Gasteiger partial charge in [-0.25, -0.2) is 9.59 Å². The van der Waals surface area contributed by atoms with Gasteiger partial charge in [0.25, 0.3) is 5.91 Å². The van der Waals surface area contributed by atoms with Crippen molar-refractivity contribution in [2.24, 2.45) is 5.73 Å². The van der Waals surface area contributed by atoms with Gasteiger partial charge in [-0.2, -0.15) is 0 Å². The molecule has 3 heterocycles. The number of aromatic carboxylic acids is 1. The van der Waals surface area contributed by atoms with Crippen LogP contribution < -0.4 is 20.4 Å². The average molecular weight is 431 g/mol. The Bertz CT molecular complexity index is 978. The summed E-state index contributed by atoms with van der Waals surface area (Å²) in [6.45, 7) is 0.674. The number of methoxy groups -OCH3 is 1. The number of hydrogen-bond acceptors (Lipinski definition) is 7. The van der Waals surface area contributed by atoms with E-state index < -0.39 is 36.5 Å². The number of nitrogens with zero attached hydrogens (tertiary/aromatic N) is 2. The van der Waals surface area contributed by atoms with Crippen LogP contribution in [0.4, 0.5) is 4.79 Å². The minimum atomic E-state index is -1.61. The van der Waals surface area contributed by atoms with E-state index in [4.69, 9.17) is 20.5 Å². The van der Waals surface area contributed by atoms with Crippen molar-refractivity contribution in [3.05, 3.63) is 23.3 Å². The second-order valence-electron chi connectivity index (χ2n) is 7.78. The molecule has 0 aliphatic carbocycles. The van der Waals surface area contributed by atoms with E-state index in [1.54, 1.807) is 11.0 Å². The number of urea groups is 1. The van der Waals surface area contributed by atoms with Crippen LogP contribution in [0.15, 0.2) is 12.1 Å². The van der Waals surface area contributed by atoms with Gasteiger partial charge in [0.2, 0.25) is 0 Å². The number of likely N-dealkylation sites (tertiary alicyclic amines) is 1. The van der Waals surface area contributed by atoms with Crippen LogP contribution in [0, 0.1) is 5.41 Å². The van der Waals surface area contributed by atoms with Crippen LogP contribution >= 0.6 is 0 Å². The molecule has 0 bridgehead atoms. The summed E-state index contributed by atoms with van der Waals surface area (Å²) in [6, 6.07) is 2.40. The van der Waals surface area contributed by atoms with Crippen LogP contribution in [0.25, 0.3) is 0 Å². The molecule has 0 unspecified atom stereocenters. The molecule has 2 saturated heterocycles. The summed E-state index contributed by atoms with van der Waals surface area (Å²) in [5.74, 6) is -2.87. The molecule has 1 spiro atoms. The van der Waals surface area contributed by atoms with Gasteiger partial charge >= 0.3 is 19.1 Å². The highest BCUT2D eigenvalue weighted by Gasteiger charge is 2.57. The molecule has 1 aromatic rings. The van der Waals surface area contributed by atoms with Gasteiger partial charge in [-0.15, -0.1) is 0 Å². The van der Waals surface area contributed by atoms with Crippen molar-refractivity contribution in [1.29, 1.82) is 5.41 Å². The van der Waals surface area contributed by atoms with E-state index in [1.165, 1.54) is 13.2 Å². The first-order valence-electron chi connectivity index (χ1n) is 9.71. The summed E-state index contributed by atoms with van der Waals surface area (Å²) < 4.78 is 10.6. The predicted molar refractivity (Wildman–Crippen MR) is 107 cm³/mol. The van der Waals surface area contributed by atoms with Gasteiger partial charge in [0, 0.05) is 13.1 Å². The second-order valence-corrected chi connectivity index (χ2v) is 7.78. The van der Waals surface area contributed by atoms with Crippen molar-refractivity contribution in [2.75, 3.05) is 20.2 Å². The maximum absolute atomic E-state index is 13.3. The van der Waals surface area contributed by atoms with Gasteiger partial charge in [-0.3, -0.25) is 15.1 Å². The van der Waals surface area contributed by atoms with Crippen molar-refractivity contribution in [1.82, 2.24) is 15.1 Å². The van der Waals surface area contributed by atoms with E-state index in [2.05, 4.69) is 5.32 Å². The number of fused-ring (bicyclic) bond motifs is 1. The molecule has 3 aliphatic heterocycles. The van der Waals surface area contributed by atoms with E-state index >= 15 is 0 Å². The Morgan fingerprint density at radius 2 is 2.06 bits per heavy atom. The number of amides is 3. The molecular weight excluding hydrogens is 409 g/mol. The van der Waals surface area contributed by atoms with E-state index in [0.29, 0.717) is 18.7 Å². The molecule has 0 saturated carbocycles. The Hall–Kier alpha value is -3.48. The minimum Gasteiger partial charge on any atom is -0.534 e. The number of hydrogen-bond donors (Lipinski definition) is 5. The van der Waals surface area contributed by atoms with E-state index in [9.17, 15) is 24.5 Å². The second kappa shape index (κ2) is 7.34. The Morgan fingerprint density at radius 1 is 1.39 bits per heavy atom. The fourth-order valence-electron chi connectivity index (χ4n) is 4.43. The number of rotatable bonds is 3. The lowest BCUT2D eigenvalue weighted by atomic mass is 9.71. The van der Waals surface area contributed by atoms with Gasteiger partial charge in [0.05, 0.1) is 13.1 Å². The largest absolute Gasteiger partial charge is 0.547 e. The number of nitrogens with two attached hydrogens (primary N) is 1. The summed E-state index contributed by atoms with van der Waals surface area (Å²) in [6.07, 6.45) is 0.568. The first kappa shape index (κ1) is 20.8. The SMILES string of the molecule is COc1ccc2c(c1C(=O)O)OB(O)[C@@H](N1C(=O)NC3(CCN(C(=N)N)CC3)C1=O)C2. The topological polar surface area (TPSA) is 179 Å². The van der Waals surface area contributed by atoms with Gasteiger partial charge in [-0.1, -0.05) is 6.07 Å². The molecule has 3 aliphatic rings. The number of piperidine rings is 1. The number of carboxylic acid groups (broad SMARTS) is 1. The molecule has 4 rings (SSSR count). The van der Waals surface area contributed by atoms with Crippen molar-refractivity contribution in [3.63, 3.8) is 0 Å². The molecule has 3 amide bonds. The lowest BCUT2D eigenvalue weighted by Gasteiger charge is -2.38. The van der Waals surface area contributed by atoms with E-state index in [0.717, 1.165) is 4.90 Å². The van der Waals surface area contributed by atoms with Crippen LogP contribution in [0.2, 0.25) is 0 Å². The number of imide groups is 1. The van der Waals surface area contributed by atoms with Gasteiger partial charge in [0.1, 0.15) is 22.6 Å². The molecule has 164 valence electrons. The van der Waals surface area contributed by atoms with Crippen LogP contribution in [0.3, 0.4) is 0 Å². The summed E-state index contributed by atoms with van der Waals surface area (Å²) in [5.41, 5.74) is 4.57. The smallest absolute Gasteiger partial charge is 0.534 e. The van der Waals surface area contributed by atoms with Crippen LogP contribution in [-0.2, 0) is 11.2 Å². The quantitative estimate of drug-likeness (QED) is 0.174. The normalized spacial score (nSPS) is 22.1. The van der Waals surface area contributed by atoms with Crippen LogP contribution in [-0.4, -0.2) is 82.6 Å². The molecule has 0 aromatic heterocycles. The first-order chi connectivity index (χ1) is 14.7. The number of carbonyl (C=O) groups excluding carboxylic acids is 2. The van der Waals surface area contributed by atoms with Crippen molar-refractivity contribution in [3.8, 4) is 11.5 Å². The fourth-order valence-corrected chi connectivity index (χ4v) is 4.43. The highest BCUT2D eigenvalue weighted by molar-refractivity contribution is 6.47. The Kier molecular flexibility index (Phi) is 4.92. The number of carbonyl (C=O) groups is 3.